The predicted octanol–water partition coefficient (Wildman–Crippen LogP) is 7.48. The van der Waals surface area contributed by atoms with Crippen molar-refractivity contribution >= 4 is 23.6 Å². The van der Waals surface area contributed by atoms with Crippen molar-refractivity contribution in [3.05, 3.63) is 95.1 Å². The number of alkyl carbamates (subject to hydrolysis) is 1. The highest BCUT2D eigenvalue weighted by Gasteiger charge is 2.39. The number of para-hydroxylation sites is 1. The van der Waals surface area contributed by atoms with Gasteiger partial charge in [-0.15, -0.1) is 0 Å². The maximum Gasteiger partial charge on any atom is 0.408 e. The number of aryl methyl sites for hydroxylation is 2. The first-order valence-electron chi connectivity index (χ1n) is 15.7. The first kappa shape index (κ1) is 35.2. The van der Waals surface area contributed by atoms with Gasteiger partial charge in [-0.25, -0.2) is 4.79 Å². The molecule has 8 heteroatoms. The van der Waals surface area contributed by atoms with Crippen molar-refractivity contribution in [2.75, 3.05) is 5.32 Å². The molecule has 3 rings (SSSR count). The Kier molecular flexibility index (Phi) is 12.2. The Hall–Kier alpha value is -4.33. The predicted molar refractivity (Wildman–Crippen MR) is 179 cm³/mol. The Morgan fingerprint density at radius 2 is 1.56 bits per heavy atom. The minimum atomic E-state index is -1.05. The monoisotopic (exact) mass is 615 g/mol. The lowest BCUT2D eigenvalue weighted by Gasteiger charge is -2.39. The summed E-state index contributed by atoms with van der Waals surface area (Å²) < 4.78 is 5.55. The van der Waals surface area contributed by atoms with E-state index < -0.39 is 29.7 Å². The molecule has 0 fully saturated rings. The van der Waals surface area contributed by atoms with E-state index in [4.69, 9.17) is 4.74 Å². The van der Waals surface area contributed by atoms with Gasteiger partial charge in [0.25, 0.3) is 5.91 Å². The van der Waals surface area contributed by atoms with Gasteiger partial charge in [0, 0.05) is 18.2 Å². The highest BCUT2D eigenvalue weighted by Crippen LogP contribution is 2.30. The van der Waals surface area contributed by atoms with E-state index in [1.807, 2.05) is 69.3 Å². The van der Waals surface area contributed by atoms with E-state index in [-0.39, 0.29) is 24.1 Å². The molecule has 0 bridgehead atoms. The number of hydrogen-bond acceptors (Lipinski definition) is 5. The molecule has 3 aromatic rings. The number of rotatable bonds is 12. The number of ether oxygens (including phenoxy) is 1. The molecule has 0 aliphatic rings. The molecule has 3 aromatic carbocycles. The maximum absolute atomic E-state index is 14.9. The Morgan fingerprint density at radius 3 is 2.16 bits per heavy atom. The van der Waals surface area contributed by atoms with Gasteiger partial charge in [0.2, 0.25) is 5.91 Å². The third-order valence-electron chi connectivity index (χ3n) is 7.54. The van der Waals surface area contributed by atoms with Crippen molar-refractivity contribution in [3.63, 3.8) is 0 Å². The summed E-state index contributed by atoms with van der Waals surface area (Å²) in [5, 5.41) is 15.7. The second-order valence-electron chi connectivity index (χ2n) is 13.3. The zero-order valence-electron chi connectivity index (χ0n) is 27.9. The topological polar surface area (TPSA) is 108 Å². The van der Waals surface area contributed by atoms with Crippen LogP contribution in [0.3, 0.4) is 0 Å². The van der Waals surface area contributed by atoms with Gasteiger partial charge in [0.05, 0.1) is 0 Å². The largest absolute Gasteiger partial charge is 0.508 e. The van der Waals surface area contributed by atoms with E-state index in [1.165, 1.54) is 0 Å². The van der Waals surface area contributed by atoms with E-state index in [0.29, 0.717) is 23.6 Å². The fourth-order valence-electron chi connectivity index (χ4n) is 5.20. The minimum absolute atomic E-state index is 0.0954. The molecule has 0 spiro atoms. The van der Waals surface area contributed by atoms with Crippen LogP contribution in [-0.2, 0) is 20.7 Å². The summed E-state index contributed by atoms with van der Waals surface area (Å²) in [4.78, 5) is 43.9. The Balaban J connectivity index is 2.14. The molecular weight excluding hydrogens is 566 g/mol. The van der Waals surface area contributed by atoms with Crippen LogP contribution in [0.2, 0.25) is 0 Å². The fourth-order valence-corrected chi connectivity index (χ4v) is 5.20. The van der Waals surface area contributed by atoms with Crippen molar-refractivity contribution in [2.45, 2.75) is 98.4 Å². The molecular formula is C37H49N3O5. The summed E-state index contributed by atoms with van der Waals surface area (Å²) in [6, 6.07) is 19.3. The van der Waals surface area contributed by atoms with Gasteiger partial charge < -0.3 is 25.4 Å². The summed E-state index contributed by atoms with van der Waals surface area (Å²) in [5.41, 5.74) is 3.14. The second kappa shape index (κ2) is 15.6. The van der Waals surface area contributed by atoms with Crippen molar-refractivity contribution in [1.29, 1.82) is 0 Å². The zero-order valence-corrected chi connectivity index (χ0v) is 27.9. The van der Waals surface area contributed by atoms with Crippen LogP contribution in [0.15, 0.2) is 72.8 Å². The number of benzene rings is 3. The smallest absolute Gasteiger partial charge is 0.408 e. The summed E-state index contributed by atoms with van der Waals surface area (Å²) in [5.74, 6) is -0.273. The highest BCUT2D eigenvalue weighted by atomic mass is 16.6. The van der Waals surface area contributed by atoms with Gasteiger partial charge in [-0.1, -0.05) is 74.0 Å². The van der Waals surface area contributed by atoms with Crippen molar-refractivity contribution in [3.8, 4) is 5.75 Å². The van der Waals surface area contributed by atoms with Crippen LogP contribution in [-0.4, -0.2) is 45.6 Å². The molecule has 0 heterocycles. The number of hydrogen-bond donors (Lipinski definition) is 3. The van der Waals surface area contributed by atoms with Gasteiger partial charge in [-0.3, -0.25) is 9.59 Å². The van der Waals surface area contributed by atoms with E-state index in [0.717, 1.165) is 23.1 Å². The number of aromatic hydroxyl groups is 1. The average Bonchev–Trinajstić information content (AvgIpc) is 2.95. The third-order valence-corrected chi connectivity index (χ3v) is 7.54. The molecule has 3 amide bonds. The first-order valence-corrected chi connectivity index (χ1v) is 15.7. The molecule has 242 valence electrons. The van der Waals surface area contributed by atoms with Gasteiger partial charge >= 0.3 is 6.09 Å². The van der Waals surface area contributed by atoms with Gasteiger partial charge in [-0.2, -0.15) is 0 Å². The Morgan fingerprint density at radius 1 is 0.889 bits per heavy atom. The molecule has 0 saturated carbocycles. The first-order chi connectivity index (χ1) is 21.1. The van der Waals surface area contributed by atoms with Crippen LogP contribution in [0, 0.1) is 19.8 Å². The van der Waals surface area contributed by atoms with E-state index >= 15 is 0 Å². The normalized spacial score (nSPS) is 13.4. The summed E-state index contributed by atoms with van der Waals surface area (Å²) in [6.45, 7) is 15.3. The van der Waals surface area contributed by atoms with Gasteiger partial charge in [-0.05, 0) is 95.2 Å². The number of nitrogens with zero attached hydrogens (tertiary/aromatic N) is 1. The van der Waals surface area contributed by atoms with E-state index in [1.54, 1.807) is 49.9 Å². The van der Waals surface area contributed by atoms with Crippen LogP contribution in [0.25, 0.3) is 0 Å². The summed E-state index contributed by atoms with van der Waals surface area (Å²) in [6.07, 6.45) is 0.895. The summed E-state index contributed by atoms with van der Waals surface area (Å²) in [7, 11) is 0. The molecule has 0 aliphatic heterocycles. The van der Waals surface area contributed by atoms with Crippen LogP contribution in [0.5, 0.6) is 5.75 Å². The number of anilines is 1. The Labute approximate surface area is 268 Å². The van der Waals surface area contributed by atoms with Crippen molar-refractivity contribution < 1.29 is 24.2 Å². The third kappa shape index (κ3) is 10.7. The highest BCUT2D eigenvalue weighted by molar-refractivity contribution is 5.99. The molecule has 0 aromatic heterocycles. The lowest BCUT2D eigenvalue weighted by Crippen LogP contribution is -2.55. The SMILES string of the molecule is Cc1cccc(C(C(=O)Nc2ccccc2C)N(C(=O)C(Cc2ccc(O)cc2)NC(=O)OC(C)(C)C)C(C)CCC(C)C)c1. The zero-order chi connectivity index (χ0) is 33.3. The molecule has 45 heavy (non-hydrogen) atoms. The standard InChI is InChI=1S/C37H49N3O5/c1-24(2)16-17-27(5)40(33(29-14-11-12-25(3)22-29)34(42)38-31-15-10-9-13-26(31)4)35(43)32(39-36(44)45-37(6,7)8)23-28-18-20-30(41)21-19-28/h9-15,18-22,24,27,32-33,41H,16-17,23H2,1-8H3,(H,38,42)(H,39,44). The number of phenols is 1. The minimum Gasteiger partial charge on any atom is -0.508 e. The molecule has 8 nitrogen and oxygen atoms in total. The quantitative estimate of drug-likeness (QED) is 0.196. The second-order valence-corrected chi connectivity index (χ2v) is 13.3. The molecule has 0 aliphatic carbocycles. The number of nitrogens with one attached hydrogen (secondary N) is 2. The maximum atomic E-state index is 14.9. The lowest BCUT2D eigenvalue weighted by atomic mass is 9.95. The molecule has 0 saturated heterocycles. The number of phenolic OH excluding ortho intramolecular Hbond substituents is 1. The van der Waals surface area contributed by atoms with Crippen molar-refractivity contribution in [2.24, 2.45) is 5.92 Å². The number of carbonyl (C=O) groups excluding carboxylic acids is 3. The van der Waals surface area contributed by atoms with Crippen LogP contribution >= 0.6 is 0 Å². The Bertz CT molecular complexity index is 1440. The number of carbonyl (C=O) groups is 3. The van der Waals surface area contributed by atoms with Crippen LogP contribution in [0.1, 0.15) is 82.7 Å². The molecule has 3 atom stereocenters. The number of amides is 3. The van der Waals surface area contributed by atoms with Crippen LogP contribution in [0.4, 0.5) is 10.5 Å². The van der Waals surface area contributed by atoms with Crippen LogP contribution < -0.4 is 10.6 Å². The molecule has 3 N–H and O–H groups in total. The van der Waals surface area contributed by atoms with Gasteiger partial charge in [0.1, 0.15) is 23.4 Å². The lowest BCUT2D eigenvalue weighted by molar-refractivity contribution is -0.143. The van der Waals surface area contributed by atoms with Crippen molar-refractivity contribution in [1.82, 2.24) is 10.2 Å². The molecule has 0 radical (unpaired) electrons. The van der Waals surface area contributed by atoms with E-state index in [9.17, 15) is 19.5 Å². The summed E-state index contributed by atoms with van der Waals surface area (Å²) >= 11 is 0. The fraction of sp³-hybridized carbons (Fsp3) is 0.432. The average molecular weight is 616 g/mol. The van der Waals surface area contributed by atoms with Gasteiger partial charge in [0.15, 0.2) is 0 Å². The molecule has 3 unspecified atom stereocenters. The van der Waals surface area contributed by atoms with E-state index in [2.05, 4.69) is 24.5 Å².